The second-order valence-corrected chi connectivity index (χ2v) is 6.63. The van der Waals surface area contributed by atoms with Crippen LogP contribution in [0.5, 0.6) is 5.75 Å². The topological polar surface area (TPSA) is 9.23 Å². The molecule has 0 atom stereocenters. The van der Waals surface area contributed by atoms with E-state index in [1.807, 2.05) is 36.9 Å². The highest BCUT2D eigenvalue weighted by Gasteiger charge is 1.95. The molecule has 23 heavy (non-hydrogen) atoms. The molecule has 0 spiro atoms. The summed E-state index contributed by atoms with van der Waals surface area (Å²) < 4.78 is 5.59. The number of hydrogen-bond donors (Lipinski definition) is 0. The van der Waals surface area contributed by atoms with Crippen molar-refractivity contribution in [3.8, 4) is 5.75 Å². The van der Waals surface area contributed by atoms with Crippen LogP contribution >= 0.6 is 0 Å². The minimum atomic E-state index is 0.946. The minimum Gasteiger partial charge on any atom is -0.487 e. The van der Waals surface area contributed by atoms with Crippen molar-refractivity contribution in [3.63, 3.8) is 0 Å². The standard InChI is InChI=1S/C22H37O/c1-2-3-4-5-6-7-8-9-10-11-12-13-14-18-21-23-22-19-16-15-17-20-22/h15-17,19-21H,2-14,18H2,1H3. The van der Waals surface area contributed by atoms with E-state index >= 15 is 0 Å². The van der Waals surface area contributed by atoms with E-state index in [9.17, 15) is 0 Å². The van der Waals surface area contributed by atoms with Crippen molar-refractivity contribution >= 4 is 0 Å². The third kappa shape index (κ3) is 13.2. The number of rotatable bonds is 16. The van der Waals surface area contributed by atoms with E-state index in [-0.39, 0.29) is 0 Å². The smallest absolute Gasteiger partial charge is 0.135 e. The maximum atomic E-state index is 5.59. The van der Waals surface area contributed by atoms with E-state index in [1.165, 1.54) is 83.5 Å². The Bertz CT molecular complexity index is 333. The number of benzene rings is 1. The Morgan fingerprint density at radius 2 is 1.13 bits per heavy atom. The highest BCUT2D eigenvalue weighted by molar-refractivity contribution is 5.21. The van der Waals surface area contributed by atoms with E-state index < -0.39 is 0 Å². The molecule has 1 heteroatoms. The van der Waals surface area contributed by atoms with E-state index in [0.717, 1.165) is 12.2 Å². The van der Waals surface area contributed by atoms with Crippen molar-refractivity contribution in [2.24, 2.45) is 0 Å². The van der Waals surface area contributed by atoms with Gasteiger partial charge in [-0.3, -0.25) is 0 Å². The van der Waals surface area contributed by atoms with Crippen LogP contribution in [0.1, 0.15) is 96.8 Å². The lowest BCUT2D eigenvalue weighted by Gasteiger charge is -2.05. The van der Waals surface area contributed by atoms with Crippen LogP contribution in [0.4, 0.5) is 0 Å². The van der Waals surface area contributed by atoms with E-state index in [0.29, 0.717) is 0 Å². The summed E-state index contributed by atoms with van der Waals surface area (Å²) in [6.07, 6.45) is 19.4. The maximum absolute atomic E-state index is 5.59. The minimum absolute atomic E-state index is 0.946. The first-order chi connectivity index (χ1) is 11.4. The van der Waals surface area contributed by atoms with Gasteiger partial charge in [-0.2, -0.15) is 0 Å². The molecule has 0 amide bonds. The van der Waals surface area contributed by atoms with Gasteiger partial charge in [0.05, 0.1) is 0 Å². The molecule has 0 saturated heterocycles. The zero-order chi connectivity index (χ0) is 16.4. The van der Waals surface area contributed by atoms with E-state index in [2.05, 4.69) is 6.92 Å². The molecule has 1 aromatic carbocycles. The van der Waals surface area contributed by atoms with Crippen molar-refractivity contribution in [2.75, 3.05) is 0 Å². The normalized spacial score (nSPS) is 10.8. The quantitative estimate of drug-likeness (QED) is 0.284. The SMILES string of the molecule is CCCCCCCCCCCCCCC[CH]Oc1ccccc1. The van der Waals surface area contributed by atoms with Gasteiger partial charge in [0.25, 0.3) is 0 Å². The zero-order valence-corrected chi connectivity index (χ0v) is 15.3. The fraction of sp³-hybridized carbons (Fsp3) is 0.682. The third-order valence-electron chi connectivity index (χ3n) is 4.39. The lowest BCUT2D eigenvalue weighted by atomic mass is 10.0. The summed E-state index contributed by atoms with van der Waals surface area (Å²) in [6.45, 7) is 4.24. The van der Waals surface area contributed by atoms with Crippen LogP contribution in [0.25, 0.3) is 0 Å². The lowest BCUT2D eigenvalue weighted by Crippen LogP contribution is -1.90. The maximum Gasteiger partial charge on any atom is 0.135 e. The molecule has 131 valence electrons. The van der Waals surface area contributed by atoms with Crippen molar-refractivity contribution < 1.29 is 4.74 Å². The molecule has 0 aliphatic carbocycles. The second-order valence-electron chi connectivity index (χ2n) is 6.63. The molecule has 0 aromatic heterocycles. The molecule has 0 unspecified atom stereocenters. The molecular weight excluding hydrogens is 280 g/mol. The van der Waals surface area contributed by atoms with Crippen molar-refractivity contribution in [1.29, 1.82) is 0 Å². The fourth-order valence-corrected chi connectivity index (χ4v) is 2.90. The van der Waals surface area contributed by atoms with E-state index in [1.54, 1.807) is 0 Å². The summed E-state index contributed by atoms with van der Waals surface area (Å²) in [6, 6.07) is 10.0. The second kappa shape index (κ2) is 15.9. The lowest BCUT2D eigenvalue weighted by molar-refractivity contribution is 0.383. The first kappa shape index (κ1) is 20.1. The van der Waals surface area contributed by atoms with Crippen LogP contribution in [0, 0.1) is 6.61 Å². The fourth-order valence-electron chi connectivity index (χ4n) is 2.90. The number of ether oxygens (including phenoxy) is 1. The summed E-state index contributed by atoms with van der Waals surface area (Å²) in [5.74, 6) is 0.946. The first-order valence-electron chi connectivity index (χ1n) is 9.97. The predicted molar refractivity (Wildman–Crippen MR) is 102 cm³/mol. The Balaban J connectivity index is 1.72. The Kier molecular flexibility index (Phi) is 13.9. The van der Waals surface area contributed by atoms with Crippen molar-refractivity contribution in [3.05, 3.63) is 36.9 Å². The number of unbranched alkanes of at least 4 members (excludes halogenated alkanes) is 13. The van der Waals surface area contributed by atoms with Gasteiger partial charge in [-0.1, -0.05) is 102 Å². The van der Waals surface area contributed by atoms with Gasteiger partial charge in [0.2, 0.25) is 0 Å². The molecular formula is C22H37O. The highest BCUT2D eigenvalue weighted by Crippen LogP contribution is 2.14. The largest absolute Gasteiger partial charge is 0.487 e. The average Bonchev–Trinajstić information content (AvgIpc) is 2.59. The highest BCUT2D eigenvalue weighted by atomic mass is 16.5. The van der Waals surface area contributed by atoms with Gasteiger partial charge in [-0.15, -0.1) is 0 Å². The van der Waals surface area contributed by atoms with Gasteiger partial charge in [0.1, 0.15) is 12.4 Å². The predicted octanol–water partition coefficient (Wildman–Crippen LogP) is 7.71. The van der Waals surface area contributed by atoms with Crippen LogP contribution < -0.4 is 4.74 Å². The zero-order valence-electron chi connectivity index (χ0n) is 15.3. The van der Waals surface area contributed by atoms with Crippen LogP contribution in [-0.2, 0) is 0 Å². The Labute approximate surface area is 144 Å². The number of hydrogen-bond acceptors (Lipinski definition) is 1. The molecule has 1 aromatic rings. The molecule has 1 radical (unpaired) electrons. The Morgan fingerprint density at radius 1 is 0.652 bits per heavy atom. The summed E-state index contributed by atoms with van der Waals surface area (Å²) in [7, 11) is 0. The molecule has 1 rings (SSSR count). The summed E-state index contributed by atoms with van der Waals surface area (Å²) >= 11 is 0. The van der Waals surface area contributed by atoms with Crippen LogP contribution in [-0.4, -0.2) is 0 Å². The third-order valence-corrected chi connectivity index (χ3v) is 4.39. The van der Waals surface area contributed by atoms with Gasteiger partial charge >= 0.3 is 0 Å². The Morgan fingerprint density at radius 3 is 1.65 bits per heavy atom. The molecule has 0 saturated carbocycles. The molecule has 0 aliphatic heterocycles. The summed E-state index contributed by atoms with van der Waals surface area (Å²) in [4.78, 5) is 0. The van der Waals surface area contributed by atoms with Crippen LogP contribution in [0.3, 0.4) is 0 Å². The van der Waals surface area contributed by atoms with Gasteiger partial charge in [0.15, 0.2) is 0 Å². The molecule has 0 aliphatic rings. The monoisotopic (exact) mass is 317 g/mol. The van der Waals surface area contributed by atoms with Gasteiger partial charge in [-0.05, 0) is 25.0 Å². The van der Waals surface area contributed by atoms with E-state index in [4.69, 9.17) is 4.74 Å². The van der Waals surface area contributed by atoms with Gasteiger partial charge < -0.3 is 4.74 Å². The first-order valence-corrected chi connectivity index (χ1v) is 9.97. The van der Waals surface area contributed by atoms with Gasteiger partial charge in [-0.25, -0.2) is 0 Å². The van der Waals surface area contributed by atoms with Crippen LogP contribution in [0.2, 0.25) is 0 Å². The Hall–Kier alpha value is -0.980. The molecule has 1 nitrogen and oxygen atoms in total. The molecule has 0 fully saturated rings. The van der Waals surface area contributed by atoms with Gasteiger partial charge in [0, 0.05) is 0 Å². The number of para-hydroxylation sites is 1. The molecule has 0 N–H and O–H groups in total. The summed E-state index contributed by atoms with van der Waals surface area (Å²) in [5, 5.41) is 0. The summed E-state index contributed by atoms with van der Waals surface area (Å²) in [5.41, 5.74) is 0. The van der Waals surface area contributed by atoms with Crippen LogP contribution in [0.15, 0.2) is 30.3 Å². The van der Waals surface area contributed by atoms with Crippen molar-refractivity contribution in [1.82, 2.24) is 0 Å². The molecule has 0 heterocycles. The van der Waals surface area contributed by atoms with Crippen molar-refractivity contribution in [2.45, 2.75) is 96.8 Å². The average molecular weight is 318 g/mol. The molecule has 0 bridgehead atoms.